The summed E-state index contributed by atoms with van der Waals surface area (Å²) in [5, 5.41) is 1.06. The summed E-state index contributed by atoms with van der Waals surface area (Å²) >= 11 is 4.73. The first-order valence-corrected chi connectivity index (χ1v) is 6.16. The number of ether oxygens (including phenoxy) is 1. The number of esters is 1. The van der Waals surface area contributed by atoms with Crippen LogP contribution in [-0.4, -0.2) is 17.6 Å². The van der Waals surface area contributed by atoms with Crippen LogP contribution in [0.3, 0.4) is 0 Å². The number of nitrogens with zero attached hydrogens (tertiary/aromatic N) is 1. The average Bonchev–Trinajstić information content (AvgIpc) is 2.91. The lowest BCUT2D eigenvalue weighted by Gasteiger charge is -1.96. The van der Waals surface area contributed by atoms with E-state index >= 15 is 0 Å². The molecule has 14 heavy (non-hydrogen) atoms. The van der Waals surface area contributed by atoms with Gasteiger partial charge in [-0.15, -0.1) is 11.3 Å². The van der Waals surface area contributed by atoms with Crippen LogP contribution >= 0.6 is 27.3 Å². The molecule has 0 unspecified atom stereocenters. The summed E-state index contributed by atoms with van der Waals surface area (Å²) in [6.07, 6.45) is 2.39. The SMILES string of the molecule is CCOC(=O)c1sc(C2CC2)nc1Br. The first-order valence-electron chi connectivity index (χ1n) is 4.55. The van der Waals surface area contributed by atoms with Gasteiger partial charge in [0.2, 0.25) is 0 Å². The van der Waals surface area contributed by atoms with Crippen LogP contribution < -0.4 is 0 Å². The fourth-order valence-corrected chi connectivity index (χ4v) is 2.88. The predicted molar refractivity (Wildman–Crippen MR) is 57.7 cm³/mol. The Morgan fingerprint density at radius 2 is 2.43 bits per heavy atom. The summed E-state index contributed by atoms with van der Waals surface area (Å²) in [6, 6.07) is 0. The Hall–Kier alpha value is -0.420. The van der Waals surface area contributed by atoms with Crippen molar-refractivity contribution < 1.29 is 9.53 Å². The molecular weight excluding hydrogens is 266 g/mol. The molecule has 2 rings (SSSR count). The Morgan fingerprint density at radius 1 is 1.71 bits per heavy atom. The van der Waals surface area contributed by atoms with Crippen LogP contribution in [-0.2, 0) is 4.74 Å². The van der Waals surface area contributed by atoms with Gasteiger partial charge in [-0.05, 0) is 35.7 Å². The van der Waals surface area contributed by atoms with E-state index in [-0.39, 0.29) is 5.97 Å². The molecule has 0 amide bonds. The first-order chi connectivity index (χ1) is 6.72. The zero-order valence-corrected chi connectivity index (χ0v) is 10.2. The highest BCUT2D eigenvalue weighted by atomic mass is 79.9. The molecule has 0 spiro atoms. The van der Waals surface area contributed by atoms with Crippen molar-refractivity contribution in [2.24, 2.45) is 0 Å². The summed E-state index contributed by atoms with van der Waals surface area (Å²) in [6.45, 7) is 2.20. The van der Waals surface area contributed by atoms with E-state index in [0.29, 0.717) is 22.0 Å². The Morgan fingerprint density at radius 3 is 3.00 bits per heavy atom. The molecule has 5 heteroatoms. The Labute approximate surface area is 94.6 Å². The van der Waals surface area contributed by atoms with E-state index < -0.39 is 0 Å². The van der Waals surface area contributed by atoms with Gasteiger partial charge in [-0.3, -0.25) is 0 Å². The van der Waals surface area contributed by atoms with Crippen LogP contribution in [0.2, 0.25) is 0 Å². The lowest BCUT2D eigenvalue weighted by molar-refractivity contribution is 0.0531. The fourth-order valence-electron chi connectivity index (χ4n) is 1.14. The summed E-state index contributed by atoms with van der Waals surface area (Å²) in [7, 11) is 0. The van der Waals surface area contributed by atoms with Gasteiger partial charge in [0.1, 0.15) is 9.48 Å². The van der Waals surface area contributed by atoms with Crippen LogP contribution in [0.15, 0.2) is 4.60 Å². The normalized spacial score (nSPS) is 15.6. The maximum absolute atomic E-state index is 11.4. The number of halogens is 1. The quantitative estimate of drug-likeness (QED) is 0.797. The van der Waals surface area contributed by atoms with E-state index in [1.807, 2.05) is 0 Å². The number of hydrogen-bond donors (Lipinski definition) is 0. The highest BCUT2D eigenvalue weighted by Crippen LogP contribution is 2.43. The topological polar surface area (TPSA) is 39.2 Å². The van der Waals surface area contributed by atoms with Gasteiger partial charge in [0.15, 0.2) is 0 Å². The van der Waals surface area contributed by atoms with E-state index in [1.54, 1.807) is 6.92 Å². The molecule has 0 aliphatic heterocycles. The highest BCUT2D eigenvalue weighted by molar-refractivity contribution is 9.10. The summed E-state index contributed by atoms with van der Waals surface area (Å²) in [5.74, 6) is 0.309. The molecule has 76 valence electrons. The molecule has 1 aliphatic carbocycles. The van der Waals surface area contributed by atoms with Crippen molar-refractivity contribution in [3.63, 3.8) is 0 Å². The van der Waals surface area contributed by atoms with Crippen molar-refractivity contribution in [1.82, 2.24) is 4.98 Å². The van der Waals surface area contributed by atoms with Crippen molar-refractivity contribution in [3.8, 4) is 0 Å². The Balaban J connectivity index is 2.19. The van der Waals surface area contributed by atoms with Crippen LogP contribution in [0.1, 0.15) is 40.4 Å². The van der Waals surface area contributed by atoms with Crippen LogP contribution in [0.25, 0.3) is 0 Å². The predicted octanol–water partition coefficient (Wildman–Crippen LogP) is 2.96. The number of thiazole rings is 1. The van der Waals surface area contributed by atoms with Gasteiger partial charge >= 0.3 is 5.97 Å². The van der Waals surface area contributed by atoms with Gasteiger partial charge in [0, 0.05) is 5.92 Å². The van der Waals surface area contributed by atoms with Gasteiger partial charge in [-0.2, -0.15) is 0 Å². The second-order valence-electron chi connectivity index (χ2n) is 3.17. The zero-order valence-electron chi connectivity index (χ0n) is 7.75. The van der Waals surface area contributed by atoms with Gasteiger partial charge in [-0.25, -0.2) is 9.78 Å². The minimum atomic E-state index is -0.274. The van der Waals surface area contributed by atoms with Crippen LogP contribution in [0.4, 0.5) is 0 Å². The van der Waals surface area contributed by atoms with E-state index in [0.717, 1.165) is 5.01 Å². The molecule has 1 aromatic rings. The highest BCUT2D eigenvalue weighted by Gasteiger charge is 2.29. The second kappa shape index (κ2) is 3.98. The molecule has 0 aromatic carbocycles. The Bertz CT molecular complexity index is 360. The molecule has 1 aliphatic rings. The maximum Gasteiger partial charge on any atom is 0.351 e. The standard InChI is InChI=1S/C9H10BrNO2S/c1-2-13-9(12)6-7(10)11-8(14-6)5-3-4-5/h5H,2-4H2,1H3. The molecule has 1 fully saturated rings. The molecule has 0 N–H and O–H groups in total. The van der Waals surface area contributed by atoms with E-state index in [4.69, 9.17) is 4.74 Å². The third kappa shape index (κ3) is 1.98. The maximum atomic E-state index is 11.4. The number of carbonyl (C=O) groups excluding carboxylic acids is 1. The van der Waals surface area contributed by atoms with Gasteiger partial charge < -0.3 is 4.74 Å². The average molecular weight is 276 g/mol. The smallest absolute Gasteiger partial charge is 0.351 e. The molecule has 1 saturated carbocycles. The van der Waals surface area contributed by atoms with Crippen molar-refractivity contribution >= 4 is 33.2 Å². The monoisotopic (exact) mass is 275 g/mol. The number of rotatable bonds is 3. The number of hydrogen-bond acceptors (Lipinski definition) is 4. The van der Waals surface area contributed by atoms with Crippen LogP contribution in [0.5, 0.6) is 0 Å². The van der Waals surface area contributed by atoms with E-state index in [2.05, 4.69) is 20.9 Å². The number of aromatic nitrogens is 1. The second-order valence-corrected chi connectivity index (χ2v) is 4.95. The zero-order chi connectivity index (χ0) is 10.1. The molecule has 0 radical (unpaired) electrons. The third-order valence-corrected chi connectivity index (χ3v) is 4.02. The molecule has 0 atom stereocenters. The molecule has 1 aromatic heterocycles. The van der Waals surface area contributed by atoms with Crippen molar-refractivity contribution in [3.05, 3.63) is 14.5 Å². The van der Waals surface area contributed by atoms with Crippen molar-refractivity contribution in [2.75, 3.05) is 6.61 Å². The van der Waals surface area contributed by atoms with Crippen molar-refractivity contribution in [2.45, 2.75) is 25.7 Å². The molecule has 0 saturated heterocycles. The lowest BCUT2D eigenvalue weighted by atomic mass is 10.5. The minimum absolute atomic E-state index is 0.274. The lowest BCUT2D eigenvalue weighted by Crippen LogP contribution is -2.02. The van der Waals surface area contributed by atoms with Gasteiger partial charge in [0.05, 0.1) is 11.6 Å². The third-order valence-electron chi connectivity index (χ3n) is 1.99. The molecule has 0 bridgehead atoms. The molecule has 3 nitrogen and oxygen atoms in total. The summed E-state index contributed by atoms with van der Waals surface area (Å²) < 4.78 is 5.55. The minimum Gasteiger partial charge on any atom is -0.462 e. The van der Waals surface area contributed by atoms with Crippen LogP contribution in [0, 0.1) is 0 Å². The first kappa shape index (κ1) is 10.1. The summed E-state index contributed by atoms with van der Waals surface area (Å²) in [4.78, 5) is 16.3. The van der Waals surface area contributed by atoms with Gasteiger partial charge in [0.25, 0.3) is 0 Å². The number of carbonyl (C=O) groups is 1. The largest absolute Gasteiger partial charge is 0.462 e. The molecular formula is C9H10BrNO2S. The molecule has 1 heterocycles. The Kier molecular flexibility index (Phi) is 2.88. The summed E-state index contributed by atoms with van der Waals surface area (Å²) in [5.41, 5.74) is 0. The fraction of sp³-hybridized carbons (Fsp3) is 0.556. The van der Waals surface area contributed by atoms with E-state index in [9.17, 15) is 4.79 Å². The van der Waals surface area contributed by atoms with Crippen molar-refractivity contribution in [1.29, 1.82) is 0 Å². The van der Waals surface area contributed by atoms with Gasteiger partial charge in [-0.1, -0.05) is 0 Å². The van der Waals surface area contributed by atoms with E-state index in [1.165, 1.54) is 24.2 Å².